The third kappa shape index (κ3) is 2.57. The molecule has 2 aliphatic rings. The van der Waals surface area contributed by atoms with Crippen LogP contribution in [0.2, 0.25) is 5.02 Å². The van der Waals surface area contributed by atoms with Gasteiger partial charge in [0.1, 0.15) is 0 Å². The first-order valence-electron chi connectivity index (χ1n) is 7.42. The van der Waals surface area contributed by atoms with Crippen molar-refractivity contribution in [2.75, 3.05) is 6.54 Å². The quantitative estimate of drug-likeness (QED) is 0.899. The van der Waals surface area contributed by atoms with Crippen LogP contribution >= 0.6 is 11.6 Å². The summed E-state index contributed by atoms with van der Waals surface area (Å²) in [4.78, 5) is 12.7. The van der Waals surface area contributed by atoms with Crippen LogP contribution in [0.4, 0.5) is 0 Å². The predicted octanol–water partition coefficient (Wildman–Crippen LogP) is 2.63. The molecule has 2 N–H and O–H groups in total. The van der Waals surface area contributed by atoms with Crippen LogP contribution in [0, 0.1) is 0 Å². The van der Waals surface area contributed by atoms with Gasteiger partial charge in [0.15, 0.2) is 0 Å². The van der Waals surface area contributed by atoms with Crippen molar-refractivity contribution in [3.8, 4) is 0 Å². The van der Waals surface area contributed by atoms with Crippen molar-refractivity contribution >= 4 is 17.5 Å². The Bertz CT molecular complexity index is 513. The zero-order valence-corrected chi connectivity index (χ0v) is 12.5. The summed E-state index contributed by atoms with van der Waals surface area (Å²) in [5, 5.41) is 7.37. The molecule has 0 spiro atoms. The molecule has 1 aromatic rings. The molecule has 1 aliphatic heterocycles. The van der Waals surface area contributed by atoms with Crippen molar-refractivity contribution in [2.24, 2.45) is 0 Å². The van der Waals surface area contributed by atoms with Gasteiger partial charge in [-0.3, -0.25) is 4.79 Å². The average molecular weight is 293 g/mol. The molecular weight excluding hydrogens is 272 g/mol. The Labute approximate surface area is 125 Å². The summed E-state index contributed by atoms with van der Waals surface area (Å²) in [6.07, 6.45) is 4.03. The van der Waals surface area contributed by atoms with Crippen LogP contribution in [0.15, 0.2) is 24.3 Å². The van der Waals surface area contributed by atoms with E-state index in [2.05, 4.69) is 17.6 Å². The lowest BCUT2D eigenvalue weighted by Gasteiger charge is -2.32. The minimum Gasteiger partial charge on any atom is -0.351 e. The molecule has 1 heterocycles. The van der Waals surface area contributed by atoms with E-state index in [4.69, 9.17) is 11.6 Å². The second kappa shape index (κ2) is 5.38. The number of hydrogen-bond donors (Lipinski definition) is 2. The molecule has 3 nitrogen and oxygen atoms in total. The minimum atomic E-state index is -0.331. The van der Waals surface area contributed by atoms with Gasteiger partial charge in [0, 0.05) is 17.1 Å². The molecule has 0 aromatic heterocycles. The number of benzene rings is 1. The van der Waals surface area contributed by atoms with Gasteiger partial charge < -0.3 is 10.6 Å². The van der Waals surface area contributed by atoms with Gasteiger partial charge >= 0.3 is 0 Å². The van der Waals surface area contributed by atoms with Crippen LogP contribution in [-0.4, -0.2) is 24.5 Å². The monoisotopic (exact) mass is 292 g/mol. The van der Waals surface area contributed by atoms with E-state index in [-0.39, 0.29) is 17.4 Å². The highest BCUT2D eigenvalue weighted by Gasteiger charge is 2.51. The highest BCUT2D eigenvalue weighted by molar-refractivity contribution is 6.30. The normalized spacial score (nSPS) is 27.9. The molecule has 2 atom stereocenters. The fourth-order valence-corrected chi connectivity index (χ4v) is 3.30. The Morgan fingerprint density at radius 1 is 1.45 bits per heavy atom. The first-order chi connectivity index (χ1) is 9.62. The Morgan fingerprint density at radius 2 is 2.25 bits per heavy atom. The SMILES string of the molecule is CC1NCCCC1NC(=O)C1(c2cccc(Cl)c2)CC1. The van der Waals surface area contributed by atoms with Crippen LogP contribution in [0.1, 0.15) is 38.2 Å². The Morgan fingerprint density at radius 3 is 2.90 bits per heavy atom. The number of amides is 1. The first kappa shape index (κ1) is 13.9. The van der Waals surface area contributed by atoms with Crippen LogP contribution in [0.3, 0.4) is 0 Å². The summed E-state index contributed by atoms with van der Waals surface area (Å²) in [5.74, 6) is 0.167. The molecule has 1 aliphatic carbocycles. The van der Waals surface area contributed by atoms with Crippen LogP contribution < -0.4 is 10.6 Å². The van der Waals surface area contributed by atoms with Crippen molar-refractivity contribution in [3.05, 3.63) is 34.9 Å². The van der Waals surface area contributed by atoms with E-state index in [9.17, 15) is 4.79 Å². The van der Waals surface area contributed by atoms with Gasteiger partial charge in [0.25, 0.3) is 0 Å². The van der Waals surface area contributed by atoms with Gasteiger partial charge in [-0.25, -0.2) is 0 Å². The molecule has 1 amide bonds. The highest BCUT2D eigenvalue weighted by Crippen LogP contribution is 2.49. The molecule has 0 radical (unpaired) electrons. The Kier molecular flexibility index (Phi) is 3.74. The molecule has 2 fully saturated rings. The van der Waals surface area contributed by atoms with E-state index >= 15 is 0 Å². The Balaban J connectivity index is 1.73. The molecule has 3 rings (SSSR count). The van der Waals surface area contributed by atoms with E-state index in [0.29, 0.717) is 11.1 Å². The smallest absolute Gasteiger partial charge is 0.230 e. The number of nitrogens with one attached hydrogen (secondary N) is 2. The molecular formula is C16H21ClN2O. The van der Waals surface area contributed by atoms with Crippen molar-refractivity contribution in [2.45, 2.75) is 50.1 Å². The lowest BCUT2D eigenvalue weighted by Crippen LogP contribution is -2.53. The summed E-state index contributed by atoms with van der Waals surface area (Å²) in [6, 6.07) is 8.32. The van der Waals surface area contributed by atoms with E-state index < -0.39 is 0 Å². The third-order valence-electron chi connectivity index (χ3n) is 4.64. The molecule has 4 heteroatoms. The standard InChI is InChI=1S/C16H21ClN2O/c1-11-14(6-3-9-18-11)19-15(20)16(7-8-16)12-4-2-5-13(17)10-12/h2,4-5,10-11,14,18H,3,6-9H2,1H3,(H,19,20). The van der Waals surface area contributed by atoms with Crippen LogP contribution in [0.5, 0.6) is 0 Å². The lowest BCUT2D eigenvalue weighted by atomic mass is 9.93. The van der Waals surface area contributed by atoms with Gasteiger partial charge in [0.05, 0.1) is 5.41 Å². The summed E-state index contributed by atoms with van der Waals surface area (Å²) in [6.45, 7) is 3.19. The van der Waals surface area contributed by atoms with Crippen LogP contribution in [-0.2, 0) is 10.2 Å². The summed E-state index contributed by atoms with van der Waals surface area (Å²) < 4.78 is 0. The first-order valence-corrected chi connectivity index (χ1v) is 7.80. The topological polar surface area (TPSA) is 41.1 Å². The van der Waals surface area contributed by atoms with Gasteiger partial charge in [-0.15, -0.1) is 0 Å². The number of carbonyl (C=O) groups excluding carboxylic acids is 1. The van der Waals surface area contributed by atoms with E-state index in [0.717, 1.165) is 37.8 Å². The fraction of sp³-hybridized carbons (Fsp3) is 0.562. The van der Waals surface area contributed by atoms with E-state index in [1.54, 1.807) is 0 Å². The minimum absolute atomic E-state index is 0.167. The zero-order chi connectivity index (χ0) is 14.2. The Hall–Kier alpha value is -1.06. The summed E-state index contributed by atoms with van der Waals surface area (Å²) >= 11 is 6.06. The van der Waals surface area contributed by atoms with Crippen molar-refractivity contribution in [1.82, 2.24) is 10.6 Å². The lowest BCUT2D eigenvalue weighted by molar-refractivity contribution is -0.124. The maximum absolute atomic E-state index is 12.7. The average Bonchev–Trinajstić information content (AvgIpc) is 3.23. The molecule has 0 bridgehead atoms. The number of hydrogen-bond acceptors (Lipinski definition) is 2. The van der Waals surface area contributed by atoms with E-state index in [1.807, 2.05) is 24.3 Å². The number of piperidine rings is 1. The third-order valence-corrected chi connectivity index (χ3v) is 4.88. The summed E-state index contributed by atoms with van der Waals surface area (Å²) in [5.41, 5.74) is 0.723. The number of rotatable bonds is 3. The highest BCUT2D eigenvalue weighted by atomic mass is 35.5. The van der Waals surface area contributed by atoms with Gasteiger partial charge in [-0.05, 0) is 56.8 Å². The fourth-order valence-electron chi connectivity index (χ4n) is 3.11. The molecule has 108 valence electrons. The van der Waals surface area contributed by atoms with Gasteiger partial charge in [-0.2, -0.15) is 0 Å². The molecule has 1 saturated heterocycles. The van der Waals surface area contributed by atoms with Crippen molar-refractivity contribution < 1.29 is 4.79 Å². The van der Waals surface area contributed by atoms with Crippen molar-refractivity contribution in [1.29, 1.82) is 0 Å². The van der Waals surface area contributed by atoms with Gasteiger partial charge in [-0.1, -0.05) is 23.7 Å². The summed E-state index contributed by atoms with van der Waals surface area (Å²) in [7, 11) is 0. The molecule has 2 unspecified atom stereocenters. The zero-order valence-electron chi connectivity index (χ0n) is 11.8. The van der Waals surface area contributed by atoms with Gasteiger partial charge in [0.2, 0.25) is 5.91 Å². The number of carbonyl (C=O) groups is 1. The largest absolute Gasteiger partial charge is 0.351 e. The second-order valence-corrected chi connectivity index (χ2v) is 6.49. The maximum Gasteiger partial charge on any atom is 0.230 e. The van der Waals surface area contributed by atoms with E-state index in [1.165, 1.54) is 0 Å². The van der Waals surface area contributed by atoms with Crippen molar-refractivity contribution in [3.63, 3.8) is 0 Å². The number of halogens is 1. The molecule has 1 saturated carbocycles. The predicted molar refractivity (Wildman–Crippen MR) is 81.0 cm³/mol. The molecule has 1 aromatic carbocycles. The second-order valence-electron chi connectivity index (χ2n) is 6.06. The van der Waals surface area contributed by atoms with Crippen LogP contribution in [0.25, 0.3) is 0 Å². The molecule has 20 heavy (non-hydrogen) atoms. The maximum atomic E-state index is 12.7.